The molecular weight excluding hydrogens is 310 g/mol. The minimum Gasteiger partial charge on any atom is -0.478 e. The van der Waals surface area contributed by atoms with E-state index in [1.54, 1.807) is 34.1 Å². The van der Waals surface area contributed by atoms with Crippen LogP contribution in [0.15, 0.2) is 24.5 Å². The number of rotatable bonds is 3. The van der Waals surface area contributed by atoms with Crippen molar-refractivity contribution in [1.29, 1.82) is 0 Å². The summed E-state index contributed by atoms with van der Waals surface area (Å²) in [6.07, 6.45) is 5.86. The average molecular weight is 329 g/mol. The first-order valence-electron chi connectivity index (χ1n) is 8.23. The molecule has 1 fully saturated rings. The first-order chi connectivity index (χ1) is 11.8. The Bertz CT molecular complexity index is 694. The van der Waals surface area contributed by atoms with Crippen molar-refractivity contribution < 1.29 is 14.3 Å². The molecule has 1 saturated heterocycles. The Kier molecular flexibility index (Phi) is 4.02. The van der Waals surface area contributed by atoms with Gasteiger partial charge in [-0.05, 0) is 18.9 Å². The van der Waals surface area contributed by atoms with Crippen LogP contribution in [0.4, 0.5) is 0 Å². The number of aryl methyl sites for hydroxylation is 1. The molecule has 1 atom stereocenters. The highest BCUT2D eigenvalue weighted by atomic mass is 16.5. The summed E-state index contributed by atoms with van der Waals surface area (Å²) in [4.78, 5) is 22.7. The topological polar surface area (TPSA) is 82.4 Å². The van der Waals surface area contributed by atoms with Crippen LogP contribution in [0.5, 0.6) is 11.9 Å². The zero-order valence-electron chi connectivity index (χ0n) is 13.3. The average Bonchev–Trinajstić information content (AvgIpc) is 3.06. The third-order valence-corrected chi connectivity index (χ3v) is 4.21. The normalized spacial score (nSPS) is 20.2. The summed E-state index contributed by atoms with van der Waals surface area (Å²) in [5, 5.41) is 4.37. The smallest absolute Gasteiger partial charge is 0.316 e. The third-order valence-electron chi connectivity index (χ3n) is 4.21. The standard InChI is InChI=1S/C16H19N5O3/c22-15(13-10-14-21(19-13)8-3-9-23-14)20-7-1-4-12(11-20)24-16-17-5-2-6-18-16/h2,5-6,10,12H,1,3-4,7-9,11H2. The number of likely N-dealkylation sites (tertiary alicyclic amines) is 1. The van der Waals surface area contributed by atoms with E-state index in [0.717, 1.165) is 25.8 Å². The van der Waals surface area contributed by atoms with Gasteiger partial charge in [0.1, 0.15) is 6.10 Å². The van der Waals surface area contributed by atoms with Gasteiger partial charge in [-0.1, -0.05) is 0 Å². The van der Waals surface area contributed by atoms with Gasteiger partial charge in [-0.3, -0.25) is 4.79 Å². The quantitative estimate of drug-likeness (QED) is 0.840. The maximum atomic E-state index is 12.7. The van der Waals surface area contributed by atoms with Gasteiger partial charge in [0.2, 0.25) is 5.88 Å². The monoisotopic (exact) mass is 329 g/mol. The van der Waals surface area contributed by atoms with E-state index in [0.29, 0.717) is 37.3 Å². The van der Waals surface area contributed by atoms with Crippen LogP contribution in [0, 0.1) is 0 Å². The number of piperidine rings is 1. The molecule has 1 unspecified atom stereocenters. The molecule has 2 aromatic heterocycles. The lowest BCUT2D eigenvalue weighted by molar-refractivity contribution is 0.0510. The first kappa shape index (κ1) is 14.9. The second kappa shape index (κ2) is 6.46. The van der Waals surface area contributed by atoms with E-state index in [9.17, 15) is 4.79 Å². The Hall–Kier alpha value is -2.64. The predicted octanol–water partition coefficient (Wildman–Crippen LogP) is 1.14. The van der Waals surface area contributed by atoms with Gasteiger partial charge in [-0.15, -0.1) is 0 Å². The Balaban J connectivity index is 1.43. The summed E-state index contributed by atoms with van der Waals surface area (Å²) in [5.41, 5.74) is 0.434. The Labute approximate surface area is 139 Å². The van der Waals surface area contributed by atoms with E-state index in [-0.39, 0.29) is 12.0 Å². The van der Waals surface area contributed by atoms with Crippen molar-refractivity contribution in [3.05, 3.63) is 30.2 Å². The van der Waals surface area contributed by atoms with Crippen LogP contribution in [0.25, 0.3) is 0 Å². The second-order valence-electron chi connectivity index (χ2n) is 5.96. The minimum atomic E-state index is -0.0985. The molecule has 2 aromatic rings. The van der Waals surface area contributed by atoms with Gasteiger partial charge in [-0.2, -0.15) is 5.10 Å². The Morgan fingerprint density at radius 3 is 2.96 bits per heavy atom. The van der Waals surface area contributed by atoms with Gasteiger partial charge in [0.25, 0.3) is 5.91 Å². The number of amides is 1. The minimum absolute atomic E-state index is 0.0808. The molecule has 0 aliphatic carbocycles. The fraction of sp³-hybridized carbons (Fsp3) is 0.500. The number of hydrogen-bond acceptors (Lipinski definition) is 6. The molecule has 4 rings (SSSR count). The van der Waals surface area contributed by atoms with E-state index in [2.05, 4.69) is 15.1 Å². The SMILES string of the molecule is O=C(c1cc2n(n1)CCCO2)N1CCCC(Oc2ncccn2)C1. The van der Waals surface area contributed by atoms with Crippen LogP contribution < -0.4 is 9.47 Å². The molecule has 8 heteroatoms. The van der Waals surface area contributed by atoms with E-state index in [4.69, 9.17) is 9.47 Å². The second-order valence-corrected chi connectivity index (χ2v) is 5.96. The van der Waals surface area contributed by atoms with Crippen molar-refractivity contribution in [3.8, 4) is 11.9 Å². The molecule has 24 heavy (non-hydrogen) atoms. The molecule has 0 aromatic carbocycles. The van der Waals surface area contributed by atoms with Crippen molar-refractivity contribution in [2.75, 3.05) is 19.7 Å². The summed E-state index contributed by atoms with van der Waals surface area (Å²) < 4.78 is 13.1. The number of nitrogens with zero attached hydrogens (tertiary/aromatic N) is 5. The molecule has 4 heterocycles. The predicted molar refractivity (Wildman–Crippen MR) is 83.9 cm³/mol. The van der Waals surface area contributed by atoms with Crippen molar-refractivity contribution in [2.45, 2.75) is 31.9 Å². The third kappa shape index (κ3) is 3.04. The van der Waals surface area contributed by atoms with E-state index in [1.807, 2.05) is 0 Å². The van der Waals surface area contributed by atoms with E-state index < -0.39 is 0 Å². The molecule has 0 saturated carbocycles. The van der Waals surface area contributed by atoms with E-state index >= 15 is 0 Å². The van der Waals surface area contributed by atoms with Crippen molar-refractivity contribution in [3.63, 3.8) is 0 Å². The maximum absolute atomic E-state index is 12.7. The molecule has 2 aliphatic heterocycles. The molecule has 0 bridgehead atoms. The summed E-state index contributed by atoms with van der Waals surface area (Å²) in [5.74, 6) is 0.592. The first-order valence-corrected chi connectivity index (χ1v) is 8.23. The van der Waals surface area contributed by atoms with Crippen molar-refractivity contribution in [2.24, 2.45) is 0 Å². The van der Waals surface area contributed by atoms with Crippen molar-refractivity contribution in [1.82, 2.24) is 24.6 Å². The van der Waals surface area contributed by atoms with Gasteiger partial charge in [0.15, 0.2) is 5.69 Å². The van der Waals surface area contributed by atoms with Crippen LogP contribution in [0.3, 0.4) is 0 Å². The number of fused-ring (bicyclic) bond motifs is 1. The van der Waals surface area contributed by atoms with Gasteiger partial charge in [0.05, 0.1) is 13.2 Å². The Morgan fingerprint density at radius 1 is 1.25 bits per heavy atom. The fourth-order valence-corrected chi connectivity index (χ4v) is 3.05. The van der Waals surface area contributed by atoms with Crippen LogP contribution in [-0.4, -0.2) is 56.4 Å². The fourth-order valence-electron chi connectivity index (χ4n) is 3.05. The number of aromatic nitrogens is 4. The zero-order chi connectivity index (χ0) is 16.4. The van der Waals surface area contributed by atoms with Crippen LogP contribution >= 0.6 is 0 Å². The molecule has 8 nitrogen and oxygen atoms in total. The largest absolute Gasteiger partial charge is 0.478 e. The lowest BCUT2D eigenvalue weighted by Crippen LogP contribution is -2.44. The number of carbonyl (C=O) groups is 1. The Morgan fingerprint density at radius 2 is 2.12 bits per heavy atom. The van der Waals surface area contributed by atoms with Crippen LogP contribution in [-0.2, 0) is 6.54 Å². The lowest BCUT2D eigenvalue weighted by atomic mass is 10.1. The highest BCUT2D eigenvalue weighted by Gasteiger charge is 2.28. The molecule has 126 valence electrons. The lowest BCUT2D eigenvalue weighted by Gasteiger charge is -2.31. The summed E-state index contributed by atoms with van der Waals surface area (Å²) in [6, 6.07) is 3.82. The summed E-state index contributed by atoms with van der Waals surface area (Å²) in [6.45, 7) is 2.69. The molecule has 1 amide bonds. The molecule has 2 aliphatic rings. The molecule has 0 radical (unpaired) electrons. The molecular formula is C16H19N5O3. The molecule has 0 spiro atoms. The number of carbonyl (C=O) groups excluding carboxylic acids is 1. The van der Waals surface area contributed by atoms with Gasteiger partial charge in [0, 0.05) is 38.0 Å². The summed E-state index contributed by atoms with van der Waals surface area (Å²) in [7, 11) is 0. The maximum Gasteiger partial charge on any atom is 0.316 e. The van der Waals surface area contributed by atoms with E-state index in [1.165, 1.54) is 0 Å². The highest BCUT2D eigenvalue weighted by Crippen LogP contribution is 2.21. The number of hydrogen-bond donors (Lipinski definition) is 0. The summed E-state index contributed by atoms with van der Waals surface area (Å²) >= 11 is 0. The number of ether oxygens (including phenoxy) is 2. The van der Waals surface area contributed by atoms with Gasteiger partial charge in [-0.25, -0.2) is 14.6 Å². The van der Waals surface area contributed by atoms with Crippen molar-refractivity contribution >= 4 is 5.91 Å². The highest BCUT2D eigenvalue weighted by molar-refractivity contribution is 5.92. The van der Waals surface area contributed by atoms with Gasteiger partial charge >= 0.3 is 6.01 Å². The van der Waals surface area contributed by atoms with Crippen LogP contribution in [0.2, 0.25) is 0 Å². The van der Waals surface area contributed by atoms with Gasteiger partial charge < -0.3 is 14.4 Å². The zero-order valence-corrected chi connectivity index (χ0v) is 13.3. The van der Waals surface area contributed by atoms with Crippen LogP contribution in [0.1, 0.15) is 29.8 Å². The molecule has 0 N–H and O–H groups in total.